The Morgan fingerprint density at radius 2 is 1.69 bits per heavy atom. The first-order chi connectivity index (χ1) is 12.2. The summed E-state index contributed by atoms with van der Waals surface area (Å²) in [7, 11) is -4.13. The van der Waals surface area contributed by atoms with Gasteiger partial charge in [0.2, 0.25) is 5.91 Å². The van der Waals surface area contributed by atoms with Gasteiger partial charge in [-0.25, -0.2) is 12.7 Å². The average molecular weight is 373 g/mol. The first-order valence-corrected chi connectivity index (χ1v) is 9.06. The average Bonchev–Trinajstić information content (AvgIpc) is 2.81. The van der Waals surface area contributed by atoms with E-state index >= 15 is 0 Å². The first-order valence-electron chi connectivity index (χ1n) is 7.62. The van der Waals surface area contributed by atoms with E-state index in [0.29, 0.717) is 4.31 Å². The molecule has 3 N–H and O–H groups in total. The maximum Gasteiger partial charge on any atom is 0.269 e. The van der Waals surface area contributed by atoms with Gasteiger partial charge < -0.3 is 11.1 Å². The van der Waals surface area contributed by atoms with E-state index in [1.165, 1.54) is 37.3 Å². The van der Waals surface area contributed by atoms with Crippen molar-refractivity contribution in [1.82, 2.24) is 4.31 Å². The normalized spacial score (nSPS) is 16.0. The predicted octanol–water partition coefficient (Wildman–Crippen LogP) is 0.957. The van der Waals surface area contributed by atoms with E-state index in [1.807, 2.05) is 0 Å². The molecule has 1 heterocycles. The van der Waals surface area contributed by atoms with Crippen LogP contribution in [0.25, 0.3) is 0 Å². The van der Waals surface area contributed by atoms with Crippen LogP contribution in [-0.2, 0) is 14.8 Å². The van der Waals surface area contributed by atoms with E-state index < -0.39 is 33.8 Å². The van der Waals surface area contributed by atoms with Crippen molar-refractivity contribution in [3.05, 3.63) is 59.7 Å². The van der Waals surface area contributed by atoms with E-state index in [4.69, 9.17) is 5.73 Å². The number of nitrogens with two attached hydrogens (primary N) is 1. The van der Waals surface area contributed by atoms with Gasteiger partial charge in [0.15, 0.2) is 0 Å². The molecule has 1 aliphatic heterocycles. The van der Waals surface area contributed by atoms with Gasteiger partial charge in [-0.05, 0) is 31.2 Å². The van der Waals surface area contributed by atoms with Crippen LogP contribution in [0.2, 0.25) is 0 Å². The summed E-state index contributed by atoms with van der Waals surface area (Å²) in [5, 5.41) is 2.46. The van der Waals surface area contributed by atoms with Crippen LogP contribution < -0.4 is 11.1 Å². The van der Waals surface area contributed by atoms with Crippen LogP contribution in [0.4, 0.5) is 5.69 Å². The molecule has 0 aliphatic carbocycles. The minimum absolute atomic E-state index is 0.0182. The van der Waals surface area contributed by atoms with Gasteiger partial charge in [-0.2, -0.15) is 0 Å². The number of para-hydroxylation sites is 1. The molecule has 0 radical (unpaired) electrons. The van der Waals surface area contributed by atoms with E-state index in [-0.39, 0.29) is 21.7 Å². The summed E-state index contributed by atoms with van der Waals surface area (Å²) in [6.07, 6.45) is 0. The molecular formula is C17H15N3O5S. The molecule has 9 heteroatoms. The second kappa shape index (κ2) is 6.26. The number of nitrogens with zero attached hydrogens (tertiary/aromatic N) is 1. The Kier molecular flexibility index (Phi) is 4.25. The number of nitrogens with one attached hydrogen (secondary N) is 1. The van der Waals surface area contributed by atoms with E-state index in [2.05, 4.69) is 5.32 Å². The van der Waals surface area contributed by atoms with Crippen molar-refractivity contribution >= 4 is 33.4 Å². The summed E-state index contributed by atoms with van der Waals surface area (Å²) in [6.45, 7) is 1.30. The molecule has 2 aromatic carbocycles. The number of sulfonamides is 1. The van der Waals surface area contributed by atoms with Crippen LogP contribution in [0.5, 0.6) is 0 Å². The third kappa shape index (κ3) is 2.72. The van der Waals surface area contributed by atoms with Crippen molar-refractivity contribution in [1.29, 1.82) is 0 Å². The zero-order chi connectivity index (χ0) is 19.1. The van der Waals surface area contributed by atoms with Gasteiger partial charge in [0.05, 0.1) is 16.8 Å². The number of amides is 3. The largest absolute Gasteiger partial charge is 0.366 e. The van der Waals surface area contributed by atoms with Gasteiger partial charge in [-0.15, -0.1) is 0 Å². The Labute approximate surface area is 149 Å². The molecule has 3 amide bonds. The molecule has 0 spiro atoms. The Bertz CT molecular complexity index is 1030. The molecule has 134 valence electrons. The highest BCUT2D eigenvalue weighted by molar-refractivity contribution is 7.90. The third-order valence-corrected chi connectivity index (χ3v) is 5.95. The number of fused-ring (bicyclic) bond motifs is 1. The molecule has 3 rings (SSSR count). The SMILES string of the molecule is CC(C(=O)Nc1ccccc1C(N)=O)N1C(=O)c2ccccc2S1(=O)=O. The highest BCUT2D eigenvalue weighted by Crippen LogP contribution is 2.32. The smallest absolute Gasteiger partial charge is 0.269 e. The molecule has 0 aromatic heterocycles. The highest BCUT2D eigenvalue weighted by atomic mass is 32.2. The molecule has 0 saturated carbocycles. The van der Waals surface area contributed by atoms with Crippen LogP contribution in [0.1, 0.15) is 27.6 Å². The number of rotatable bonds is 4. The maximum absolute atomic E-state index is 12.6. The van der Waals surface area contributed by atoms with Crippen LogP contribution in [0.3, 0.4) is 0 Å². The molecule has 8 nitrogen and oxygen atoms in total. The lowest BCUT2D eigenvalue weighted by atomic mass is 10.1. The minimum atomic E-state index is -4.13. The van der Waals surface area contributed by atoms with Gasteiger partial charge in [0.25, 0.3) is 21.8 Å². The number of carbonyl (C=O) groups is 3. The lowest BCUT2D eigenvalue weighted by molar-refractivity contribution is -0.118. The second-order valence-corrected chi connectivity index (χ2v) is 7.46. The van der Waals surface area contributed by atoms with Gasteiger partial charge in [-0.1, -0.05) is 24.3 Å². The number of hydrogen-bond acceptors (Lipinski definition) is 5. The Morgan fingerprint density at radius 3 is 2.35 bits per heavy atom. The Balaban J connectivity index is 1.91. The standard InChI is InChI=1S/C17H15N3O5S/c1-10(16(22)19-13-8-4-2-6-11(13)15(18)21)20-17(23)12-7-3-5-9-14(12)26(20,24)25/h2-10H,1H3,(H2,18,21)(H,19,22). The summed E-state index contributed by atoms with van der Waals surface area (Å²) in [4.78, 5) is 36.3. The highest BCUT2D eigenvalue weighted by Gasteiger charge is 2.45. The molecule has 1 aliphatic rings. The topological polar surface area (TPSA) is 127 Å². The van der Waals surface area contributed by atoms with Gasteiger partial charge in [0, 0.05) is 0 Å². The Morgan fingerprint density at radius 1 is 1.08 bits per heavy atom. The number of primary amides is 1. The third-order valence-electron chi connectivity index (χ3n) is 4.04. The summed E-state index contributed by atoms with van der Waals surface area (Å²) in [5.41, 5.74) is 5.49. The van der Waals surface area contributed by atoms with Crippen molar-refractivity contribution < 1.29 is 22.8 Å². The minimum Gasteiger partial charge on any atom is -0.366 e. The molecule has 0 saturated heterocycles. The lowest BCUT2D eigenvalue weighted by Gasteiger charge is -2.22. The fraction of sp³-hybridized carbons (Fsp3) is 0.118. The zero-order valence-electron chi connectivity index (χ0n) is 13.7. The van der Waals surface area contributed by atoms with E-state index in [0.717, 1.165) is 0 Å². The van der Waals surface area contributed by atoms with Gasteiger partial charge in [0.1, 0.15) is 10.9 Å². The fourth-order valence-corrected chi connectivity index (χ4v) is 4.46. The second-order valence-electron chi connectivity index (χ2n) is 5.68. The molecule has 2 aromatic rings. The predicted molar refractivity (Wildman–Crippen MR) is 92.8 cm³/mol. The van der Waals surface area contributed by atoms with Crippen molar-refractivity contribution in [3.8, 4) is 0 Å². The number of hydrogen-bond donors (Lipinski definition) is 2. The number of anilines is 1. The maximum atomic E-state index is 12.6. The van der Waals surface area contributed by atoms with Crippen molar-refractivity contribution in [3.63, 3.8) is 0 Å². The summed E-state index contributed by atoms with van der Waals surface area (Å²) < 4.78 is 25.8. The fourth-order valence-electron chi connectivity index (χ4n) is 2.74. The van der Waals surface area contributed by atoms with Crippen LogP contribution in [-0.4, -0.2) is 36.5 Å². The van der Waals surface area contributed by atoms with Crippen molar-refractivity contribution in [2.75, 3.05) is 5.32 Å². The summed E-state index contributed by atoms with van der Waals surface area (Å²) in [6, 6.07) is 10.5. The van der Waals surface area contributed by atoms with Crippen molar-refractivity contribution in [2.24, 2.45) is 5.73 Å². The molecule has 1 atom stereocenters. The van der Waals surface area contributed by atoms with Gasteiger partial charge >= 0.3 is 0 Å². The van der Waals surface area contributed by atoms with E-state index in [9.17, 15) is 22.8 Å². The van der Waals surface area contributed by atoms with Crippen LogP contribution >= 0.6 is 0 Å². The summed E-state index contributed by atoms with van der Waals surface area (Å²) >= 11 is 0. The van der Waals surface area contributed by atoms with Crippen molar-refractivity contribution in [2.45, 2.75) is 17.9 Å². The first kappa shape index (κ1) is 17.6. The monoisotopic (exact) mass is 373 g/mol. The molecule has 0 bridgehead atoms. The molecule has 1 unspecified atom stereocenters. The quantitative estimate of drug-likeness (QED) is 0.825. The van der Waals surface area contributed by atoms with Crippen LogP contribution in [0, 0.1) is 0 Å². The van der Waals surface area contributed by atoms with Crippen LogP contribution in [0.15, 0.2) is 53.4 Å². The number of benzene rings is 2. The van der Waals surface area contributed by atoms with E-state index in [1.54, 1.807) is 18.2 Å². The lowest BCUT2D eigenvalue weighted by Crippen LogP contribution is -2.45. The number of carbonyl (C=O) groups excluding carboxylic acids is 3. The molecular weight excluding hydrogens is 358 g/mol. The zero-order valence-corrected chi connectivity index (χ0v) is 14.5. The Hall–Kier alpha value is -3.20. The summed E-state index contributed by atoms with van der Waals surface area (Å²) in [5.74, 6) is -2.28. The van der Waals surface area contributed by atoms with Gasteiger partial charge in [-0.3, -0.25) is 14.4 Å². The molecule has 0 fully saturated rings. The molecule has 26 heavy (non-hydrogen) atoms.